The molecule has 4 aliphatic heterocycles. The van der Waals surface area contributed by atoms with Gasteiger partial charge in [-0.15, -0.1) is 0 Å². The number of aliphatic hydroxyl groups excluding tert-OH is 4. The first-order valence-corrected chi connectivity index (χ1v) is 32.7. The van der Waals surface area contributed by atoms with Gasteiger partial charge in [0.2, 0.25) is 0 Å². The average molecular weight is 1010 g/mol. The summed E-state index contributed by atoms with van der Waals surface area (Å²) in [6.07, 6.45) is 14.5. The molecule has 404 valence electrons. The zero-order chi connectivity index (χ0) is 51.0. The van der Waals surface area contributed by atoms with Gasteiger partial charge in [0.15, 0.2) is 25.7 Å². The van der Waals surface area contributed by atoms with Crippen LogP contribution in [0.2, 0.25) is 18.1 Å². The second kappa shape index (κ2) is 17.5. The molecule has 0 amide bonds. The summed E-state index contributed by atoms with van der Waals surface area (Å²) in [5, 5.41) is 46.2. The molecule has 0 aromatic rings. The number of aliphatic hydroxyl groups is 4. The van der Waals surface area contributed by atoms with Gasteiger partial charge >= 0.3 is 0 Å². The second-order valence-corrected chi connectivity index (χ2v) is 35.0. The second-order valence-electron chi connectivity index (χ2n) is 30.2. The Hall–Kier alpha value is -0.473. The number of rotatable bonds is 2. The molecule has 12 fully saturated rings. The van der Waals surface area contributed by atoms with E-state index in [0.29, 0.717) is 47.5 Å². The van der Waals surface area contributed by atoms with Gasteiger partial charge in [0, 0.05) is 59.4 Å². The first-order valence-electron chi connectivity index (χ1n) is 29.7. The van der Waals surface area contributed by atoms with Crippen LogP contribution >= 0.6 is 0 Å². The van der Waals surface area contributed by atoms with Crippen molar-refractivity contribution in [1.29, 1.82) is 0 Å². The van der Waals surface area contributed by atoms with Crippen LogP contribution in [0.5, 0.6) is 0 Å². The number of Topliss-reactive ketones (excluding diaryl/α,β-unsaturated/α-hetero) is 1. The molecule has 0 aromatic carbocycles. The molecular weight excluding hydrogens is 909 g/mol. The molecular formula is C60H100O10Si. The molecule has 4 saturated heterocycles. The molecule has 2 spiro atoms. The molecule has 0 radical (unpaired) electrons. The lowest BCUT2D eigenvalue weighted by Gasteiger charge is -2.64. The van der Waals surface area contributed by atoms with Crippen molar-refractivity contribution in [1.82, 2.24) is 0 Å². The van der Waals surface area contributed by atoms with E-state index in [2.05, 4.69) is 89.3 Å². The minimum atomic E-state index is -1.81. The Kier molecular flexibility index (Phi) is 13.0. The normalized spacial score (nSPS) is 58.4. The van der Waals surface area contributed by atoms with Crippen LogP contribution < -0.4 is 0 Å². The third-order valence-corrected chi connectivity index (χ3v) is 30.6. The van der Waals surface area contributed by atoms with Crippen LogP contribution in [0.4, 0.5) is 0 Å². The Labute approximate surface area is 430 Å². The number of hydrogen-bond acceptors (Lipinski definition) is 10. The van der Waals surface area contributed by atoms with Crippen molar-refractivity contribution < 1.29 is 48.6 Å². The lowest BCUT2D eigenvalue weighted by Crippen LogP contribution is -2.66. The van der Waals surface area contributed by atoms with Crippen molar-refractivity contribution in [3.8, 4) is 0 Å². The fourth-order valence-electron chi connectivity index (χ4n) is 21.1. The van der Waals surface area contributed by atoms with E-state index >= 15 is 0 Å². The molecule has 12 rings (SSSR count). The van der Waals surface area contributed by atoms with Gasteiger partial charge in [-0.05, 0) is 172 Å². The van der Waals surface area contributed by atoms with Crippen LogP contribution in [0.3, 0.4) is 0 Å². The maximum Gasteiger partial charge on any atom is 0.192 e. The summed E-state index contributed by atoms with van der Waals surface area (Å²) in [7, 11) is -1.81. The highest BCUT2D eigenvalue weighted by atomic mass is 28.4. The summed E-state index contributed by atoms with van der Waals surface area (Å²) < 4.78 is 33.4. The standard InChI is InChI=1S/C33H58O5Si.C27H42O5/c1-19-12-15-33(36-18-19)20(2)26-25(37-33)17-24-23-11-10-21-16-22(38-39(8,9)30(3,4)5)13-14-31(21,6)27(23)28(34)29(35)32(24,26)7;1-14-7-10-27(31-13-14)15(2)21-20(32-27)12-19-18-6-5-16-11-17(28)8-9-25(16,3)22(18)23(29)24(30)26(19,21)4/h19-29,34-35H,10-18H2,1-9H3;14-23,28-29H,5-13H2,1-4H3/t19-,20+,21+,22+,23+,24+,25+,26+,27-,28-,29-,31+,32+,33-;14-,15+,16+,17+,18+,19+,20+,21+,22-,23-,25+,26+,27-/m11/s1. The first-order chi connectivity index (χ1) is 33.2. The van der Waals surface area contributed by atoms with Crippen molar-refractivity contribution in [2.45, 2.75) is 251 Å². The largest absolute Gasteiger partial charge is 0.414 e. The zero-order valence-electron chi connectivity index (χ0n) is 46.6. The SMILES string of the molecule is C[C@@H]1CC[C@@]2(OC1)O[C@H]1C[C@H]3[C@@H]4CC[C@H]5C[C@@H](O)CC[C@]5(C)[C@H]4[C@@H](O)C(=O)[C@]3(C)[C@H]1[C@@H]2C.C[C@@H]1CC[C@@]2(OC1)O[C@H]1C[C@H]3[C@@H]4CC[C@H]5C[C@@H](O[Si](C)(C)C(C)(C)C)CC[C@]5(C)[C@H]4[C@@H](O)[C@@H](O)[C@]3(C)[C@H]1[C@@H]2C. The van der Waals surface area contributed by atoms with Gasteiger partial charge in [0.1, 0.15) is 6.10 Å². The van der Waals surface area contributed by atoms with Crippen molar-refractivity contribution in [2.75, 3.05) is 13.2 Å². The van der Waals surface area contributed by atoms with Crippen LogP contribution in [-0.2, 0) is 28.2 Å². The fraction of sp³-hybridized carbons (Fsp3) is 0.983. The number of carbonyl (C=O) groups is 1. The molecule has 0 bridgehead atoms. The number of fused-ring (bicyclic) bond motifs is 14. The molecule has 4 N–H and O–H groups in total. The molecule has 71 heavy (non-hydrogen) atoms. The maximum atomic E-state index is 14.1. The molecule has 11 heteroatoms. The first kappa shape index (κ1) is 52.6. The lowest BCUT2D eigenvalue weighted by molar-refractivity contribution is -0.278. The van der Waals surface area contributed by atoms with E-state index < -0.39 is 43.6 Å². The van der Waals surface area contributed by atoms with E-state index in [1.807, 2.05) is 0 Å². The van der Waals surface area contributed by atoms with Crippen LogP contribution in [-0.4, -0.2) is 102 Å². The summed E-state index contributed by atoms with van der Waals surface area (Å²) in [6.45, 7) is 31.5. The minimum absolute atomic E-state index is 0.0224. The number of carbonyl (C=O) groups excluding carboxylic acids is 1. The third-order valence-electron chi connectivity index (χ3n) is 26.0. The summed E-state index contributed by atoms with van der Waals surface area (Å²) in [4.78, 5) is 14.1. The Morgan fingerprint density at radius 2 is 1.13 bits per heavy atom. The van der Waals surface area contributed by atoms with E-state index in [4.69, 9.17) is 23.4 Å². The summed E-state index contributed by atoms with van der Waals surface area (Å²) >= 11 is 0. The summed E-state index contributed by atoms with van der Waals surface area (Å²) in [6, 6.07) is 0. The van der Waals surface area contributed by atoms with Gasteiger partial charge in [0.25, 0.3) is 0 Å². The van der Waals surface area contributed by atoms with E-state index in [0.717, 1.165) is 110 Å². The van der Waals surface area contributed by atoms with Crippen molar-refractivity contribution in [2.24, 2.45) is 105 Å². The number of hydrogen-bond donors (Lipinski definition) is 4. The molecule has 0 unspecified atom stereocenters. The van der Waals surface area contributed by atoms with E-state index in [1.54, 1.807) is 0 Å². The fourth-order valence-corrected chi connectivity index (χ4v) is 22.5. The molecule has 8 saturated carbocycles. The topological polar surface area (TPSA) is 144 Å². The van der Waals surface area contributed by atoms with Crippen molar-refractivity contribution in [3.05, 3.63) is 0 Å². The van der Waals surface area contributed by atoms with Crippen molar-refractivity contribution in [3.63, 3.8) is 0 Å². The minimum Gasteiger partial charge on any atom is -0.414 e. The molecule has 4 heterocycles. The predicted octanol–water partition coefficient (Wildman–Crippen LogP) is 10.7. The van der Waals surface area contributed by atoms with Crippen LogP contribution in [0, 0.1) is 105 Å². The van der Waals surface area contributed by atoms with Crippen LogP contribution in [0.15, 0.2) is 0 Å². The number of ketones is 1. The molecule has 10 nitrogen and oxygen atoms in total. The highest BCUT2D eigenvalue weighted by molar-refractivity contribution is 6.74. The molecule has 27 atom stereocenters. The van der Waals surface area contributed by atoms with Gasteiger partial charge in [-0.2, -0.15) is 0 Å². The molecule has 8 aliphatic carbocycles. The zero-order valence-corrected chi connectivity index (χ0v) is 47.6. The van der Waals surface area contributed by atoms with Gasteiger partial charge < -0.3 is 43.8 Å². The van der Waals surface area contributed by atoms with Gasteiger partial charge in [-0.3, -0.25) is 4.79 Å². The number of ether oxygens (including phenoxy) is 4. The molecule has 12 aliphatic rings. The summed E-state index contributed by atoms with van der Waals surface area (Å²) in [5.74, 6) is 3.60. The molecule has 0 aromatic heterocycles. The Morgan fingerprint density at radius 3 is 1.70 bits per heavy atom. The van der Waals surface area contributed by atoms with E-state index in [-0.39, 0.29) is 86.8 Å². The van der Waals surface area contributed by atoms with Crippen LogP contribution in [0.25, 0.3) is 0 Å². The quantitative estimate of drug-likeness (QED) is 0.197. The monoisotopic (exact) mass is 1010 g/mol. The predicted molar refractivity (Wildman–Crippen MR) is 276 cm³/mol. The van der Waals surface area contributed by atoms with Gasteiger partial charge in [-0.1, -0.05) is 76.2 Å². The lowest BCUT2D eigenvalue weighted by atomic mass is 9.43. The van der Waals surface area contributed by atoms with E-state index in [9.17, 15) is 25.2 Å². The Balaban J connectivity index is 0.000000157. The average Bonchev–Trinajstić information content (AvgIpc) is 3.97. The Bertz CT molecular complexity index is 2010. The van der Waals surface area contributed by atoms with E-state index in [1.165, 1.54) is 6.42 Å². The summed E-state index contributed by atoms with van der Waals surface area (Å²) in [5.41, 5.74) is -0.844. The van der Waals surface area contributed by atoms with Gasteiger partial charge in [0.05, 0.1) is 43.7 Å². The third kappa shape index (κ3) is 7.51. The van der Waals surface area contributed by atoms with Gasteiger partial charge in [-0.25, -0.2) is 0 Å². The Morgan fingerprint density at radius 1 is 0.606 bits per heavy atom. The smallest absolute Gasteiger partial charge is 0.192 e. The van der Waals surface area contributed by atoms with Crippen molar-refractivity contribution >= 4 is 14.1 Å². The highest BCUT2D eigenvalue weighted by Crippen LogP contribution is 2.73. The maximum absolute atomic E-state index is 14.1. The highest BCUT2D eigenvalue weighted by Gasteiger charge is 2.76. The van der Waals surface area contributed by atoms with Crippen LogP contribution in [0.1, 0.15) is 179 Å².